The van der Waals surface area contributed by atoms with Gasteiger partial charge in [0.15, 0.2) is 0 Å². The summed E-state index contributed by atoms with van der Waals surface area (Å²) in [5.41, 5.74) is 0.395. The minimum atomic E-state index is -3.95. The molecule has 8 nitrogen and oxygen atoms in total. The highest BCUT2D eigenvalue weighted by Gasteiger charge is 2.23. The Morgan fingerprint density at radius 3 is 2.59 bits per heavy atom. The van der Waals surface area contributed by atoms with E-state index in [-0.39, 0.29) is 22.7 Å². The number of hydrogen-bond donors (Lipinski definition) is 2. The monoisotopic (exact) mass is 418 g/mol. The Morgan fingerprint density at radius 2 is 1.86 bits per heavy atom. The second-order valence-electron chi connectivity index (χ2n) is 6.64. The van der Waals surface area contributed by atoms with Crippen LogP contribution >= 0.6 is 0 Å². The van der Waals surface area contributed by atoms with Crippen LogP contribution in [0.15, 0.2) is 53.4 Å². The summed E-state index contributed by atoms with van der Waals surface area (Å²) in [4.78, 5) is 23.8. The zero-order valence-electron chi connectivity index (χ0n) is 15.9. The van der Waals surface area contributed by atoms with E-state index in [9.17, 15) is 18.0 Å². The lowest BCUT2D eigenvalue weighted by Gasteiger charge is -2.12. The topological polar surface area (TPSA) is 111 Å². The Bertz CT molecular complexity index is 1000. The van der Waals surface area contributed by atoms with Crippen molar-refractivity contribution >= 4 is 27.6 Å². The minimum absolute atomic E-state index is 0.0904. The number of rotatable bonds is 9. The van der Waals surface area contributed by atoms with Crippen LogP contribution in [0.3, 0.4) is 0 Å². The summed E-state index contributed by atoms with van der Waals surface area (Å²) in [7, 11) is -2.51. The van der Waals surface area contributed by atoms with Crippen molar-refractivity contribution in [2.45, 2.75) is 17.7 Å². The standard InChI is InChI=1S/C20H22N2O6S/c1-27-18-8-3-2-7-17(18)22-29(25,26)16-6-4-5-15(11-16)20(24)21-12-19(23)28-13-14-9-10-14/h2-8,11,14,22H,9-10,12-13H2,1H3,(H,21,24). The third-order valence-electron chi connectivity index (χ3n) is 4.33. The van der Waals surface area contributed by atoms with Crippen molar-refractivity contribution < 1.29 is 27.5 Å². The van der Waals surface area contributed by atoms with Crippen molar-refractivity contribution in [1.29, 1.82) is 0 Å². The predicted octanol–water partition coefficient (Wildman–Crippen LogP) is 2.18. The number of nitrogens with one attached hydrogen (secondary N) is 2. The first-order chi connectivity index (χ1) is 13.9. The van der Waals surface area contributed by atoms with Crippen LogP contribution in [0.5, 0.6) is 5.75 Å². The summed E-state index contributed by atoms with van der Waals surface area (Å²) < 4.78 is 38.0. The van der Waals surface area contributed by atoms with E-state index in [1.54, 1.807) is 24.3 Å². The molecule has 2 aromatic carbocycles. The Morgan fingerprint density at radius 1 is 1.10 bits per heavy atom. The van der Waals surface area contributed by atoms with Crippen LogP contribution in [-0.2, 0) is 19.6 Å². The fourth-order valence-corrected chi connectivity index (χ4v) is 3.65. The molecule has 1 saturated carbocycles. The lowest BCUT2D eigenvalue weighted by Crippen LogP contribution is -2.31. The molecule has 0 aliphatic heterocycles. The van der Waals surface area contributed by atoms with E-state index in [1.807, 2.05) is 0 Å². The summed E-state index contributed by atoms with van der Waals surface area (Å²) in [5, 5.41) is 2.44. The van der Waals surface area contributed by atoms with E-state index in [2.05, 4.69) is 10.0 Å². The SMILES string of the molecule is COc1ccccc1NS(=O)(=O)c1cccc(C(=O)NCC(=O)OCC2CC2)c1. The molecule has 0 bridgehead atoms. The second-order valence-corrected chi connectivity index (χ2v) is 8.33. The Hall–Kier alpha value is -3.07. The van der Waals surface area contributed by atoms with Crippen molar-refractivity contribution in [3.63, 3.8) is 0 Å². The summed E-state index contributed by atoms with van der Waals surface area (Å²) >= 11 is 0. The molecular weight excluding hydrogens is 396 g/mol. The lowest BCUT2D eigenvalue weighted by atomic mass is 10.2. The van der Waals surface area contributed by atoms with Crippen LogP contribution in [0.2, 0.25) is 0 Å². The molecule has 3 rings (SSSR count). The molecule has 29 heavy (non-hydrogen) atoms. The highest BCUT2D eigenvalue weighted by molar-refractivity contribution is 7.92. The minimum Gasteiger partial charge on any atom is -0.495 e. The molecule has 1 aliphatic rings. The Labute approximate surface area is 169 Å². The maximum atomic E-state index is 12.7. The molecule has 0 aromatic heterocycles. The van der Waals surface area contributed by atoms with Gasteiger partial charge < -0.3 is 14.8 Å². The molecule has 0 atom stereocenters. The van der Waals surface area contributed by atoms with Gasteiger partial charge in [-0.15, -0.1) is 0 Å². The Balaban J connectivity index is 1.65. The summed E-state index contributed by atoms with van der Waals surface area (Å²) in [6.45, 7) is 0.0963. The van der Waals surface area contributed by atoms with Crippen molar-refractivity contribution in [2.24, 2.45) is 5.92 Å². The molecule has 2 aromatic rings. The number of amides is 1. The van der Waals surface area contributed by atoms with Gasteiger partial charge in [-0.05, 0) is 49.1 Å². The average molecular weight is 418 g/mol. The van der Waals surface area contributed by atoms with Gasteiger partial charge in [0.2, 0.25) is 0 Å². The van der Waals surface area contributed by atoms with Gasteiger partial charge in [-0.3, -0.25) is 14.3 Å². The first kappa shape index (κ1) is 20.7. The van der Waals surface area contributed by atoms with Crippen LogP contribution < -0.4 is 14.8 Å². The third-order valence-corrected chi connectivity index (χ3v) is 5.69. The van der Waals surface area contributed by atoms with E-state index in [0.29, 0.717) is 18.3 Å². The van der Waals surface area contributed by atoms with E-state index in [4.69, 9.17) is 9.47 Å². The molecule has 0 radical (unpaired) electrons. The number of sulfonamides is 1. The van der Waals surface area contributed by atoms with Crippen LogP contribution in [0, 0.1) is 5.92 Å². The van der Waals surface area contributed by atoms with Gasteiger partial charge in [0.05, 0.1) is 24.3 Å². The first-order valence-electron chi connectivity index (χ1n) is 9.09. The smallest absolute Gasteiger partial charge is 0.325 e. The summed E-state index contributed by atoms with van der Waals surface area (Å²) in [6.07, 6.45) is 2.12. The van der Waals surface area contributed by atoms with E-state index < -0.39 is 21.9 Å². The maximum Gasteiger partial charge on any atom is 0.325 e. The molecule has 0 unspecified atom stereocenters. The van der Waals surface area contributed by atoms with Gasteiger partial charge in [-0.2, -0.15) is 0 Å². The van der Waals surface area contributed by atoms with Crippen molar-refractivity contribution in [2.75, 3.05) is 25.0 Å². The van der Waals surface area contributed by atoms with E-state index >= 15 is 0 Å². The van der Waals surface area contributed by atoms with Gasteiger partial charge in [0.25, 0.3) is 15.9 Å². The molecular formula is C20H22N2O6S. The molecule has 0 saturated heterocycles. The number of methoxy groups -OCH3 is 1. The fourth-order valence-electron chi connectivity index (χ4n) is 2.54. The predicted molar refractivity (Wildman–Crippen MR) is 106 cm³/mol. The number of anilines is 1. The molecule has 0 heterocycles. The van der Waals surface area contributed by atoms with Crippen molar-refractivity contribution in [1.82, 2.24) is 5.32 Å². The maximum absolute atomic E-state index is 12.7. The van der Waals surface area contributed by atoms with Crippen LogP contribution in [0.1, 0.15) is 23.2 Å². The number of benzene rings is 2. The Kier molecular flexibility index (Phi) is 6.38. The molecule has 1 aliphatic carbocycles. The lowest BCUT2D eigenvalue weighted by molar-refractivity contribution is -0.142. The number of hydrogen-bond acceptors (Lipinski definition) is 6. The van der Waals surface area contributed by atoms with E-state index in [0.717, 1.165) is 12.8 Å². The van der Waals surface area contributed by atoms with Gasteiger partial charge in [0, 0.05) is 5.56 Å². The second kappa shape index (κ2) is 8.95. The third kappa shape index (κ3) is 5.71. The number of carbonyl (C=O) groups excluding carboxylic acids is 2. The average Bonchev–Trinajstić information content (AvgIpc) is 3.55. The largest absolute Gasteiger partial charge is 0.495 e. The molecule has 154 valence electrons. The molecule has 9 heteroatoms. The zero-order chi connectivity index (χ0) is 20.9. The molecule has 2 N–H and O–H groups in total. The zero-order valence-corrected chi connectivity index (χ0v) is 16.7. The highest BCUT2D eigenvalue weighted by atomic mass is 32.2. The quantitative estimate of drug-likeness (QED) is 0.604. The molecule has 1 fully saturated rings. The number of esters is 1. The van der Waals surface area contributed by atoms with Gasteiger partial charge in [-0.1, -0.05) is 18.2 Å². The fraction of sp³-hybridized carbons (Fsp3) is 0.300. The number of ether oxygens (including phenoxy) is 2. The van der Waals surface area contributed by atoms with E-state index in [1.165, 1.54) is 31.4 Å². The van der Waals surface area contributed by atoms with Crippen molar-refractivity contribution in [3.05, 3.63) is 54.1 Å². The molecule has 1 amide bonds. The highest BCUT2D eigenvalue weighted by Crippen LogP contribution is 2.28. The van der Waals surface area contributed by atoms with Gasteiger partial charge in [0.1, 0.15) is 12.3 Å². The van der Waals surface area contributed by atoms with Crippen LogP contribution in [0.4, 0.5) is 5.69 Å². The van der Waals surface area contributed by atoms with Gasteiger partial charge in [-0.25, -0.2) is 8.42 Å². The summed E-state index contributed by atoms with van der Waals surface area (Å²) in [6, 6.07) is 12.1. The normalized spacial score (nSPS) is 13.4. The number of para-hydroxylation sites is 2. The first-order valence-corrected chi connectivity index (χ1v) is 10.6. The number of carbonyl (C=O) groups is 2. The van der Waals surface area contributed by atoms with Crippen LogP contribution in [-0.4, -0.2) is 40.6 Å². The summed E-state index contributed by atoms with van der Waals surface area (Å²) in [5.74, 6) is -0.281. The van der Waals surface area contributed by atoms with Gasteiger partial charge >= 0.3 is 5.97 Å². The van der Waals surface area contributed by atoms with Crippen LogP contribution in [0.25, 0.3) is 0 Å². The molecule has 0 spiro atoms. The van der Waals surface area contributed by atoms with Crippen molar-refractivity contribution in [3.8, 4) is 5.75 Å².